The van der Waals surface area contributed by atoms with Gasteiger partial charge in [0.15, 0.2) is 6.10 Å². The van der Waals surface area contributed by atoms with Crippen molar-refractivity contribution in [1.82, 2.24) is 25.4 Å². The molecule has 6 rings (SSSR count). The molecule has 4 atom stereocenters. The van der Waals surface area contributed by atoms with E-state index in [4.69, 9.17) is 10.00 Å². The summed E-state index contributed by atoms with van der Waals surface area (Å²) < 4.78 is 46.5. The molecule has 2 fully saturated rings. The average molecular weight is 916 g/mol. The first-order chi connectivity index (χ1) is 30.6. The molecule has 2 aliphatic heterocycles. The standard InChI is InChI=1S/C48H56F3N7O6S/c1-29-40(65-28-55-29)32-14-10-30(11-15-32)24-54-43(61)38-21-35(59)26-58(38)44(62)41(46(2,3)4)53-20-8-7-9-39(60)56-34-17-12-31(13-18-34)25-57-27-47(5,6)42(45(57)63)64-36-19-16-33(23-52)37(22-36)48(49,50)51/h10-19,22,28,35,38,41-42,53,59H,7-9,20-21,24-27H2,1-6H3,(H,54,61)(H,56,60)/t35?,38-,41+,42?/m0/s1. The van der Waals surface area contributed by atoms with E-state index in [1.165, 1.54) is 17.0 Å². The Kier molecular flexibility index (Phi) is 15.1. The van der Waals surface area contributed by atoms with Gasteiger partial charge in [-0.3, -0.25) is 19.2 Å². The predicted molar refractivity (Wildman–Crippen MR) is 240 cm³/mol. The Morgan fingerprint density at radius 1 is 1.03 bits per heavy atom. The summed E-state index contributed by atoms with van der Waals surface area (Å²) >= 11 is 1.57. The smallest absolute Gasteiger partial charge is 0.417 e. The fourth-order valence-electron chi connectivity index (χ4n) is 8.25. The number of β-amino-alcohol motifs (C(OH)–C–C–N with tert-alkyl or cyclic N) is 1. The number of aliphatic hydroxyl groups excluding tert-OH is 1. The number of unbranched alkanes of at least 4 members (excludes halogenated alkanes) is 1. The summed E-state index contributed by atoms with van der Waals surface area (Å²) in [6.07, 6.45) is -5.13. The van der Waals surface area contributed by atoms with Crippen molar-refractivity contribution < 1.29 is 42.2 Å². The number of carbonyl (C=O) groups excluding carboxylic acids is 4. The number of hydrogen-bond acceptors (Lipinski definition) is 10. The van der Waals surface area contributed by atoms with Crippen LogP contribution in [0.15, 0.2) is 72.2 Å². The quantitative estimate of drug-likeness (QED) is 0.0846. The fourth-order valence-corrected chi connectivity index (χ4v) is 9.06. The molecule has 4 N–H and O–H groups in total. The number of alkyl halides is 3. The van der Waals surface area contributed by atoms with E-state index >= 15 is 0 Å². The first kappa shape index (κ1) is 48.6. The summed E-state index contributed by atoms with van der Waals surface area (Å²) in [5, 5.41) is 28.9. The SMILES string of the molecule is Cc1ncsc1-c1ccc(CNC(=O)[C@@H]2CC(O)CN2C(=O)[C@@H](NCCCCC(=O)Nc2ccc(CN3CC(C)(C)C(Oc4ccc(C#N)c(C(F)(F)F)c4)C3=O)cc2)C(C)(C)C)cc1. The lowest BCUT2D eigenvalue weighted by molar-refractivity contribution is -0.142. The van der Waals surface area contributed by atoms with Crippen molar-refractivity contribution in [3.63, 3.8) is 0 Å². The first-order valence-corrected chi connectivity index (χ1v) is 22.5. The average Bonchev–Trinajstić information content (AvgIpc) is 3.92. The number of benzene rings is 3. The number of anilines is 1. The molecule has 2 unspecified atom stereocenters. The van der Waals surface area contributed by atoms with Gasteiger partial charge in [0.2, 0.25) is 17.7 Å². The Labute approximate surface area is 381 Å². The van der Waals surface area contributed by atoms with Crippen LogP contribution in [0.5, 0.6) is 5.75 Å². The molecule has 3 heterocycles. The molecule has 0 bridgehead atoms. The summed E-state index contributed by atoms with van der Waals surface area (Å²) in [6, 6.07) is 18.0. The molecule has 13 nitrogen and oxygen atoms in total. The highest BCUT2D eigenvalue weighted by molar-refractivity contribution is 7.13. The number of likely N-dealkylation sites (tertiary alicyclic amines) is 2. The van der Waals surface area contributed by atoms with E-state index < -0.39 is 52.4 Å². The van der Waals surface area contributed by atoms with Crippen LogP contribution < -0.4 is 20.7 Å². The number of aryl methyl sites for hydroxylation is 1. The number of nitrogens with zero attached hydrogens (tertiary/aromatic N) is 4. The van der Waals surface area contributed by atoms with Gasteiger partial charge >= 0.3 is 6.18 Å². The van der Waals surface area contributed by atoms with E-state index in [0.29, 0.717) is 31.6 Å². The monoisotopic (exact) mass is 915 g/mol. The molecule has 4 aromatic rings. The summed E-state index contributed by atoms with van der Waals surface area (Å²) in [6.45, 7) is 12.7. The third-order valence-corrected chi connectivity index (χ3v) is 12.7. The second kappa shape index (κ2) is 20.1. The normalized spacial score (nSPS) is 18.9. The van der Waals surface area contributed by atoms with Crippen LogP contribution >= 0.6 is 11.3 Å². The van der Waals surface area contributed by atoms with Crippen LogP contribution in [0.25, 0.3) is 10.4 Å². The summed E-state index contributed by atoms with van der Waals surface area (Å²) in [5.74, 6) is -1.32. The highest BCUT2D eigenvalue weighted by atomic mass is 32.1. The van der Waals surface area contributed by atoms with Crippen LogP contribution in [-0.2, 0) is 38.4 Å². The van der Waals surface area contributed by atoms with Gasteiger partial charge in [-0.25, -0.2) is 4.98 Å². The van der Waals surface area contributed by atoms with Gasteiger partial charge in [-0.2, -0.15) is 18.4 Å². The molecule has 17 heteroatoms. The number of aromatic nitrogens is 1. The number of halogens is 3. The minimum absolute atomic E-state index is 0.0534. The Morgan fingerprint density at radius 2 is 1.72 bits per heavy atom. The Morgan fingerprint density at radius 3 is 2.35 bits per heavy atom. The Hall–Kier alpha value is -5.83. The van der Waals surface area contributed by atoms with Crippen LogP contribution in [0.4, 0.5) is 18.9 Å². The molecular weight excluding hydrogens is 860 g/mol. The lowest BCUT2D eigenvalue weighted by Gasteiger charge is -2.35. The maximum absolute atomic E-state index is 14.0. The van der Waals surface area contributed by atoms with Crippen molar-refractivity contribution in [3.05, 3.63) is 100 Å². The summed E-state index contributed by atoms with van der Waals surface area (Å²) in [5.41, 5.74) is 3.16. The topological polar surface area (TPSA) is 177 Å². The minimum atomic E-state index is -4.76. The third kappa shape index (κ3) is 12.1. The maximum Gasteiger partial charge on any atom is 0.417 e. The van der Waals surface area contributed by atoms with Gasteiger partial charge in [0, 0.05) is 50.1 Å². The van der Waals surface area contributed by atoms with Gasteiger partial charge in [0.1, 0.15) is 11.8 Å². The molecule has 346 valence electrons. The van der Waals surface area contributed by atoms with Crippen LogP contribution in [0, 0.1) is 29.1 Å². The second-order valence-corrected chi connectivity index (χ2v) is 19.4. The van der Waals surface area contributed by atoms with Gasteiger partial charge in [0.25, 0.3) is 5.91 Å². The lowest BCUT2D eigenvalue weighted by atomic mass is 9.85. The van der Waals surface area contributed by atoms with Gasteiger partial charge in [0.05, 0.1) is 45.4 Å². The molecule has 0 aliphatic carbocycles. The number of hydrogen-bond donors (Lipinski definition) is 4. The van der Waals surface area contributed by atoms with Gasteiger partial charge < -0.3 is 35.6 Å². The molecule has 2 aliphatic rings. The van der Waals surface area contributed by atoms with Gasteiger partial charge in [-0.05, 0) is 78.7 Å². The van der Waals surface area contributed by atoms with Crippen molar-refractivity contribution in [2.24, 2.45) is 10.8 Å². The first-order valence-electron chi connectivity index (χ1n) is 21.6. The molecule has 0 radical (unpaired) electrons. The number of thiazole rings is 1. The van der Waals surface area contributed by atoms with E-state index in [0.717, 1.165) is 39.4 Å². The molecule has 2 saturated heterocycles. The number of amides is 4. The zero-order valence-corrected chi connectivity index (χ0v) is 38.2. The Balaban J connectivity index is 0.942. The number of aliphatic hydroxyl groups is 1. The maximum atomic E-state index is 14.0. The summed E-state index contributed by atoms with van der Waals surface area (Å²) in [4.78, 5) is 62.2. The molecule has 3 aromatic carbocycles. The van der Waals surface area contributed by atoms with E-state index in [9.17, 15) is 37.5 Å². The van der Waals surface area contributed by atoms with Crippen molar-refractivity contribution in [3.8, 4) is 22.3 Å². The predicted octanol–water partition coefficient (Wildman–Crippen LogP) is 7.22. The number of carbonyl (C=O) groups is 4. The van der Waals surface area contributed by atoms with Crippen molar-refractivity contribution in [2.75, 3.05) is 25.0 Å². The van der Waals surface area contributed by atoms with Crippen molar-refractivity contribution >= 4 is 40.7 Å². The zero-order valence-electron chi connectivity index (χ0n) is 37.4. The highest BCUT2D eigenvalue weighted by Gasteiger charge is 2.48. The minimum Gasteiger partial charge on any atom is -0.480 e. The van der Waals surface area contributed by atoms with E-state index in [1.807, 2.05) is 57.5 Å². The number of nitrogens with one attached hydrogen (secondary N) is 3. The van der Waals surface area contributed by atoms with Crippen molar-refractivity contribution in [2.45, 2.75) is 111 Å². The molecule has 4 amide bonds. The van der Waals surface area contributed by atoms with E-state index in [1.54, 1.807) is 54.3 Å². The highest BCUT2D eigenvalue weighted by Crippen LogP contribution is 2.38. The Bertz CT molecular complexity index is 2390. The molecule has 1 aromatic heterocycles. The third-order valence-electron chi connectivity index (χ3n) is 11.7. The number of nitriles is 1. The molecule has 0 spiro atoms. The fraction of sp³-hybridized carbons (Fsp3) is 0.458. The van der Waals surface area contributed by atoms with Crippen LogP contribution in [-0.4, -0.2) is 87.4 Å². The second-order valence-electron chi connectivity index (χ2n) is 18.5. The molecule has 65 heavy (non-hydrogen) atoms. The number of ether oxygens (including phenoxy) is 1. The van der Waals surface area contributed by atoms with Gasteiger partial charge in [-0.1, -0.05) is 71.0 Å². The zero-order chi connectivity index (χ0) is 47.3. The van der Waals surface area contributed by atoms with Crippen molar-refractivity contribution in [1.29, 1.82) is 5.26 Å². The van der Waals surface area contributed by atoms with Gasteiger partial charge in [-0.15, -0.1) is 11.3 Å². The van der Waals surface area contributed by atoms with Crippen LogP contribution in [0.1, 0.15) is 88.2 Å². The molecular formula is C48H56F3N7O6S. The van der Waals surface area contributed by atoms with Crippen LogP contribution in [0.3, 0.4) is 0 Å². The largest absolute Gasteiger partial charge is 0.480 e. The lowest BCUT2D eigenvalue weighted by Crippen LogP contribution is -2.56. The summed E-state index contributed by atoms with van der Waals surface area (Å²) in [7, 11) is 0. The molecule has 0 saturated carbocycles. The van der Waals surface area contributed by atoms with E-state index in [2.05, 4.69) is 20.9 Å². The van der Waals surface area contributed by atoms with Crippen LogP contribution in [0.2, 0.25) is 0 Å². The van der Waals surface area contributed by atoms with E-state index in [-0.39, 0.29) is 61.9 Å². The number of rotatable bonds is 16.